The molecule has 3 atom stereocenters. The molecule has 3 rings (SSSR count). The number of pyridine rings is 1. The fourth-order valence-corrected chi connectivity index (χ4v) is 3.63. The zero-order valence-corrected chi connectivity index (χ0v) is 13.2. The first kappa shape index (κ1) is 15.2. The second-order valence-corrected chi connectivity index (χ2v) is 6.46. The maximum absolute atomic E-state index is 6.05. The van der Waals surface area contributed by atoms with E-state index >= 15 is 0 Å². The van der Waals surface area contributed by atoms with Gasteiger partial charge in [-0.15, -0.1) is 0 Å². The quantitative estimate of drug-likeness (QED) is 0.928. The molecule has 3 unspecified atom stereocenters. The molecule has 0 radical (unpaired) electrons. The van der Waals surface area contributed by atoms with E-state index < -0.39 is 0 Å². The molecule has 0 bridgehead atoms. The van der Waals surface area contributed by atoms with Gasteiger partial charge >= 0.3 is 0 Å². The van der Waals surface area contributed by atoms with E-state index in [1.54, 1.807) is 6.20 Å². The summed E-state index contributed by atoms with van der Waals surface area (Å²) in [5.41, 5.74) is 1.01. The number of nitrogens with zero attached hydrogens (tertiary/aromatic N) is 1. The van der Waals surface area contributed by atoms with E-state index in [4.69, 9.17) is 21.1 Å². The number of hydrogen-bond acceptors (Lipinski definition) is 4. The van der Waals surface area contributed by atoms with E-state index in [9.17, 15) is 0 Å². The van der Waals surface area contributed by atoms with Gasteiger partial charge in [0.2, 0.25) is 0 Å². The summed E-state index contributed by atoms with van der Waals surface area (Å²) in [6.45, 7) is 5.42. The van der Waals surface area contributed by atoms with Crippen molar-refractivity contribution in [2.24, 2.45) is 5.92 Å². The van der Waals surface area contributed by atoms with Crippen LogP contribution < -0.4 is 5.32 Å². The lowest BCUT2D eigenvalue weighted by Crippen LogP contribution is -2.44. The molecule has 2 aliphatic rings. The summed E-state index contributed by atoms with van der Waals surface area (Å²) in [7, 11) is 0. The smallest absolute Gasteiger partial charge is 0.0940 e. The molecule has 2 aliphatic heterocycles. The summed E-state index contributed by atoms with van der Waals surface area (Å²) in [6, 6.07) is 4.21. The minimum absolute atomic E-state index is 0.0665. The Morgan fingerprint density at radius 2 is 2.38 bits per heavy atom. The van der Waals surface area contributed by atoms with Crippen molar-refractivity contribution in [3.8, 4) is 0 Å². The lowest BCUT2D eigenvalue weighted by molar-refractivity contribution is -0.103. The second-order valence-electron chi connectivity index (χ2n) is 6.02. The van der Waals surface area contributed by atoms with Crippen LogP contribution in [-0.4, -0.2) is 37.0 Å². The van der Waals surface area contributed by atoms with Gasteiger partial charge in [-0.1, -0.05) is 18.5 Å². The predicted molar refractivity (Wildman–Crippen MR) is 82.5 cm³/mol. The monoisotopic (exact) mass is 310 g/mol. The summed E-state index contributed by atoms with van der Waals surface area (Å²) in [5.74, 6) is 0.522. The molecule has 2 saturated heterocycles. The minimum atomic E-state index is -0.0665. The minimum Gasteiger partial charge on any atom is -0.378 e. The largest absolute Gasteiger partial charge is 0.378 e. The fourth-order valence-electron chi connectivity index (χ4n) is 3.52. The zero-order chi connectivity index (χ0) is 14.7. The molecule has 116 valence electrons. The van der Waals surface area contributed by atoms with Gasteiger partial charge in [0.25, 0.3) is 0 Å². The predicted octanol–water partition coefficient (Wildman–Crippen LogP) is 2.97. The van der Waals surface area contributed by atoms with Crippen LogP contribution in [0.15, 0.2) is 18.3 Å². The molecule has 5 heteroatoms. The third kappa shape index (κ3) is 3.39. The number of nitrogens with one attached hydrogen (secondary N) is 1. The van der Waals surface area contributed by atoms with Gasteiger partial charge < -0.3 is 14.8 Å². The average molecular weight is 311 g/mol. The van der Waals surface area contributed by atoms with Gasteiger partial charge in [-0.3, -0.25) is 4.98 Å². The van der Waals surface area contributed by atoms with Crippen molar-refractivity contribution in [1.82, 2.24) is 10.3 Å². The first-order valence-corrected chi connectivity index (χ1v) is 8.17. The van der Waals surface area contributed by atoms with Crippen LogP contribution in [-0.2, 0) is 9.47 Å². The van der Waals surface area contributed by atoms with Gasteiger partial charge in [0.05, 0.1) is 29.0 Å². The highest BCUT2D eigenvalue weighted by Crippen LogP contribution is 2.40. The van der Waals surface area contributed by atoms with E-state index in [0.29, 0.717) is 10.9 Å². The van der Waals surface area contributed by atoms with E-state index in [1.807, 2.05) is 12.1 Å². The van der Waals surface area contributed by atoms with Crippen LogP contribution in [0.25, 0.3) is 0 Å². The second kappa shape index (κ2) is 6.61. The van der Waals surface area contributed by atoms with Crippen molar-refractivity contribution >= 4 is 11.6 Å². The van der Waals surface area contributed by atoms with Gasteiger partial charge in [-0.2, -0.15) is 0 Å². The standard InChI is InChI=1S/C16H23ClN2O2/c1-2-18-15(14-4-3-13(17)10-19-14)12-5-7-21-16(9-12)6-8-20-11-16/h3-4,10,12,15,18H,2,5-9,11H2,1H3. The van der Waals surface area contributed by atoms with E-state index in [0.717, 1.165) is 51.3 Å². The lowest BCUT2D eigenvalue weighted by atomic mass is 9.80. The van der Waals surface area contributed by atoms with Crippen LogP contribution in [0.3, 0.4) is 0 Å². The molecule has 0 aromatic carbocycles. The number of aromatic nitrogens is 1. The van der Waals surface area contributed by atoms with Crippen LogP contribution in [0.2, 0.25) is 5.02 Å². The number of ether oxygens (including phenoxy) is 2. The Hall–Kier alpha value is -0.680. The topological polar surface area (TPSA) is 43.4 Å². The maximum Gasteiger partial charge on any atom is 0.0940 e. The molecule has 0 aliphatic carbocycles. The molecule has 1 aromatic heterocycles. The summed E-state index contributed by atoms with van der Waals surface area (Å²) < 4.78 is 11.6. The van der Waals surface area contributed by atoms with Crippen LogP contribution in [0.5, 0.6) is 0 Å². The summed E-state index contributed by atoms with van der Waals surface area (Å²) in [5, 5.41) is 4.27. The normalized spacial score (nSPS) is 30.7. The number of rotatable bonds is 4. The first-order chi connectivity index (χ1) is 10.2. The van der Waals surface area contributed by atoms with Gasteiger partial charge in [-0.05, 0) is 37.4 Å². The molecule has 21 heavy (non-hydrogen) atoms. The Morgan fingerprint density at radius 3 is 3.05 bits per heavy atom. The molecule has 0 saturated carbocycles. The van der Waals surface area contributed by atoms with Gasteiger partial charge in [0.15, 0.2) is 0 Å². The molecular weight excluding hydrogens is 288 g/mol. The molecule has 1 aromatic rings. The van der Waals surface area contributed by atoms with Crippen molar-refractivity contribution in [2.75, 3.05) is 26.4 Å². The summed E-state index contributed by atoms with van der Waals surface area (Å²) in [6.07, 6.45) is 4.84. The molecule has 2 fully saturated rings. The van der Waals surface area contributed by atoms with Crippen molar-refractivity contribution in [3.05, 3.63) is 29.0 Å². The molecule has 3 heterocycles. The van der Waals surface area contributed by atoms with Crippen LogP contribution in [0.4, 0.5) is 0 Å². The van der Waals surface area contributed by atoms with E-state index in [-0.39, 0.29) is 11.6 Å². The fraction of sp³-hybridized carbons (Fsp3) is 0.688. The lowest BCUT2D eigenvalue weighted by Gasteiger charge is -2.40. The molecule has 1 N–H and O–H groups in total. The van der Waals surface area contributed by atoms with Crippen molar-refractivity contribution in [3.63, 3.8) is 0 Å². The molecular formula is C16H23ClN2O2. The molecule has 4 nitrogen and oxygen atoms in total. The van der Waals surface area contributed by atoms with E-state index in [1.165, 1.54) is 0 Å². The van der Waals surface area contributed by atoms with Gasteiger partial charge in [0, 0.05) is 25.8 Å². The highest BCUT2D eigenvalue weighted by Gasteiger charge is 2.43. The summed E-state index contributed by atoms with van der Waals surface area (Å²) in [4.78, 5) is 4.52. The first-order valence-electron chi connectivity index (χ1n) is 7.79. The highest BCUT2D eigenvalue weighted by atomic mass is 35.5. The molecule has 1 spiro atoms. The number of hydrogen-bond donors (Lipinski definition) is 1. The zero-order valence-electron chi connectivity index (χ0n) is 12.5. The van der Waals surface area contributed by atoms with Crippen molar-refractivity contribution in [2.45, 2.75) is 37.8 Å². The third-order valence-electron chi connectivity index (χ3n) is 4.56. The van der Waals surface area contributed by atoms with Crippen LogP contribution in [0, 0.1) is 5.92 Å². The Kier molecular flexibility index (Phi) is 4.79. The SMILES string of the molecule is CCNC(c1ccc(Cl)cn1)C1CCOC2(CCOC2)C1. The Bertz CT molecular complexity index is 460. The van der Waals surface area contributed by atoms with Crippen molar-refractivity contribution < 1.29 is 9.47 Å². The Labute approximate surface area is 131 Å². The third-order valence-corrected chi connectivity index (χ3v) is 4.79. The van der Waals surface area contributed by atoms with Crippen molar-refractivity contribution in [1.29, 1.82) is 0 Å². The van der Waals surface area contributed by atoms with Gasteiger partial charge in [0.1, 0.15) is 0 Å². The average Bonchev–Trinajstić information content (AvgIpc) is 2.94. The molecule has 0 amide bonds. The van der Waals surface area contributed by atoms with Crippen LogP contribution in [0.1, 0.15) is 37.9 Å². The van der Waals surface area contributed by atoms with Crippen LogP contribution >= 0.6 is 11.6 Å². The maximum atomic E-state index is 6.05. The Balaban J connectivity index is 1.78. The Morgan fingerprint density at radius 1 is 1.48 bits per heavy atom. The van der Waals surface area contributed by atoms with E-state index in [2.05, 4.69) is 17.2 Å². The highest BCUT2D eigenvalue weighted by molar-refractivity contribution is 6.30. The van der Waals surface area contributed by atoms with Gasteiger partial charge in [-0.25, -0.2) is 0 Å². The summed E-state index contributed by atoms with van der Waals surface area (Å²) >= 11 is 5.96. The number of halogens is 1.